The zero-order valence-corrected chi connectivity index (χ0v) is 29.7. The average Bonchev–Trinajstić information content (AvgIpc) is 2.96. The number of rotatable bonds is 5. The molecular weight excluding hydrogens is 593 g/mol. The molecule has 1 atom stereocenters. The predicted molar refractivity (Wildman–Crippen MR) is 156 cm³/mol. The van der Waals surface area contributed by atoms with Crippen molar-refractivity contribution in [2.75, 3.05) is 19.0 Å². The van der Waals surface area contributed by atoms with Crippen LogP contribution in [0.3, 0.4) is 0 Å². The topological polar surface area (TPSA) is 3.24 Å². The first-order valence-electron chi connectivity index (χ1n) is 12.7. The molecule has 1 aliphatic rings. The van der Waals surface area contributed by atoms with Crippen molar-refractivity contribution in [1.82, 2.24) is 0 Å². The molecule has 0 bridgehead atoms. The van der Waals surface area contributed by atoms with Gasteiger partial charge in [0.1, 0.15) is 8.07 Å². The number of halogens is 3. The first kappa shape index (κ1) is 37.7. The van der Waals surface area contributed by atoms with Crippen molar-refractivity contribution in [3.05, 3.63) is 106 Å². The summed E-state index contributed by atoms with van der Waals surface area (Å²) in [6.07, 6.45) is 4.08. The van der Waals surface area contributed by atoms with Crippen molar-refractivity contribution in [2.45, 2.75) is 60.4 Å². The Bertz CT molecular complexity index is 1290. The number of benzene rings is 3. The molecule has 39 heavy (non-hydrogen) atoms. The largest absolute Gasteiger partial charge is 4.00 e. The fourth-order valence-electron chi connectivity index (χ4n) is 6.36. The Kier molecular flexibility index (Phi) is 13.6. The zero-order valence-electron chi connectivity index (χ0n) is 24.9. The van der Waals surface area contributed by atoms with Crippen molar-refractivity contribution >= 4 is 29.3 Å². The van der Waals surface area contributed by atoms with Gasteiger partial charge in [-0.15, -0.1) is 6.92 Å². The molecular formula is C33H40Cl3NSiTi. The van der Waals surface area contributed by atoms with E-state index in [9.17, 15) is 0 Å². The van der Waals surface area contributed by atoms with Crippen LogP contribution in [0.4, 0.5) is 5.69 Å². The normalized spacial score (nSPS) is 16.3. The molecule has 0 fully saturated rings. The fourth-order valence-corrected chi connectivity index (χ4v) is 12.7. The van der Waals surface area contributed by atoms with Crippen molar-refractivity contribution in [3.63, 3.8) is 0 Å². The summed E-state index contributed by atoms with van der Waals surface area (Å²) in [6.45, 7) is 18.3. The van der Waals surface area contributed by atoms with Crippen molar-refractivity contribution in [3.8, 4) is 0 Å². The molecule has 0 saturated heterocycles. The van der Waals surface area contributed by atoms with Crippen LogP contribution in [-0.4, -0.2) is 22.2 Å². The van der Waals surface area contributed by atoms with Crippen molar-refractivity contribution in [2.24, 2.45) is 0 Å². The van der Waals surface area contributed by atoms with Gasteiger partial charge in [0.15, 0.2) is 0 Å². The van der Waals surface area contributed by atoms with Crippen LogP contribution in [0.5, 0.6) is 0 Å². The quantitative estimate of drug-likeness (QED) is 0.169. The van der Waals surface area contributed by atoms with E-state index in [0.29, 0.717) is 0 Å². The molecule has 3 aromatic carbocycles. The third-order valence-electron chi connectivity index (χ3n) is 8.17. The smallest absolute Gasteiger partial charge is 1.00 e. The van der Waals surface area contributed by atoms with Crippen LogP contribution in [0.1, 0.15) is 49.9 Å². The van der Waals surface area contributed by atoms with Gasteiger partial charge >= 0.3 is 21.7 Å². The van der Waals surface area contributed by atoms with Gasteiger partial charge < -0.3 is 42.1 Å². The molecule has 6 heteroatoms. The summed E-state index contributed by atoms with van der Waals surface area (Å²) in [7, 11) is 1.59. The Morgan fingerprint density at radius 3 is 1.44 bits per heavy atom. The van der Waals surface area contributed by atoms with E-state index in [4.69, 9.17) is 0 Å². The summed E-state index contributed by atoms with van der Waals surface area (Å²) >= 11 is 0. The minimum atomic E-state index is -2.68. The zero-order chi connectivity index (χ0) is 25.7. The first-order chi connectivity index (χ1) is 16.4. The molecule has 0 aromatic heterocycles. The monoisotopic (exact) mass is 631 g/mol. The van der Waals surface area contributed by atoms with Gasteiger partial charge in [-0.2, -0.15) is 11.1 Å². The Hall–Kier alpha value is -1.26. The molecule has 0 amide bonds. The van der Waals surface area contributed by atoms with Gasteiger partial charge in [-0.3, -0.25) is 6.08 Å². The van der Waals surface area contributed by atoms with Gasteiger partial charge in [0, 0.05) is 19.8 Å². The van der Waals surface area contributed by atoms with E-state index in [1.165, 1.54) is 60.2 Å². The second-order valence-corrected chi connectivity index (χ2v) is 15.3. The molecule has 1 nitrogen and oxygen atoms in total. The van der Waals surface area contributed by atoms with E-state index in [0.717, 1.165) is 0 Å². The van der Waals surface area contributed by atoms with Gasteiger partial charge in [0.05, 0.1) is 0 Å². The molecule has 0 radical (unpaired) electrons. The second-order valence-electron chi connectivity index (χ2n) is 11.1. The average molecular weight is 633 g/mol. The first-order valence-corrected chi connectivity index (χ1v) is 14.7. The van der Waals surface area contributed by atoms with E-state index >= 15 is 0 Å². The summed E-state index contributed by atoms with van der Waals surface area (Å²) in [5, 5.41) is 4.16. The number of aryl methyl sites for hydroxylation is 4. The third kappa shape index (κ3) is 6.48. The number of nitrogens with zero attached hydrogens (tertiary/aromatic N) is 1. The number of allylic oxidation sites excluding steroid dienone is 4. The minimum absolute atomic E-state index is 0. The summed E-state index contributed by atoms with van der Waals surface area (Å²) in [5.41, 5.74) is 10.7. The number of hydrogen-bond donors (Lipinski definition) is 0. The van der Waals surface area contributed by atoms with Crippen LogP contribution in [0.2, 0.25) is 5.04 Å². The van der Waals surface area contributed by atoms with E-state index in [1.54, 1.807) is 0 Å². The van der Waals surface area contributed by atoms with E-state index in [2.05, 4.69) is 141 Å². The Morgan fingerprint density at radius 2 is 1.08 bits per heavy atom. The van der Waals surface area contributed by atoms with Gasteiger partial charge in [0.2, 0.25) is 0 Å². The molecule has 206 valence electrons. The summed E-state index contributed by atoms with van der Waals surface area (Å²) in [4.78, 5) is 2.22. The van der Waals surface area contributed by atoms with Crippen LogP contribution < -0.4 is 57.7 Å². The molecule has 0 saturated carbocycles. The van der Waals surface area contributed by atoms with E-state index in [1.807, 2.05) is 0 Å². The summed E-state index contributed by atoms with van der Waals surface area (Å²) in [6, 6.07) is 23.8. The maximum absolute atomic E-state index is 4.08. The molecule has 0 heterocycles. The van der Waals surface area contributed by atoms with Crippen molar-refractivity contribution < 1.29 is 58.9 Å². The molecule has 1 unspecified atom stereocenters. The number of hydrogen-bond acceptors (Lipinski definition) is 1. The third-order valence-corrected chi connectivity index (χ3v) is 13.7. The van der Waals surface area contributed by atoms with Gasteiger partial charge in [-0.1, -0.05) is 96.6 Å². The van der Waals surface area contributed by atoms with Gasteiger partial charge in [-0.25, -0.2) is 5.57 Å². The molecule has 0 spiro atoms. The summed E-state index contributed by atoms with van der Waals surface area (Å²) < 4.78 is 0. The van der Waals surface area contributed by atoms with Crippen LogP contribution in [0, 0.1) is 33.8 Å². The van der Waals surface area contributed by atoms with Crippen LogP contribution in [0.25, 0.3) is 0 Å². The van der Waals surface area contributed by atoms with Gasteiger partial charge in [-0.05, 0) is 55.4 Å². The summed E-state index contributed by atoms with van der Waals surface area (Å²) in [5.74, 6) is 0. The predicted octanol–water partition coefficient (Wildman–Crippen LogP) is -2.67. The Morgan fingerprint density at radius 1 is 0.641 bits per heavy atom. The molecule has 0 aliphatic heterocycles. The molecule has 0 N–H and O–H groups in total. The van der Waals surface area contributed by atoms with Crippen LogP contribution in [-0.2, 0) is 21.7 Å². The SMILES string of the molecule is CC1=[C-]C(C)([Si](c2cc(C)cc(C)c2)(c2cc(C)cc(C)c2)c2cccc(N(C)C)c2)C(C)=C1C.[Cl-].[Cl-].[Cl-].[Ti+4]. The van der Waals surface area contributed by atoms with E-state index in [-0.39, 0.29) is 64.0 Å². The molecule has 4 rings (SSSR count). The van der Waals surface area contributed by atoms with E-state index < -0.39 is 8.07 Å². The number of anilines is 1. The minimum Gasteiger partial charge on any atom is -1.00 e. The fraction of sp³-hybridized carbons (Fsp3) is 0.333. The Labute approximate surface area is 271 Å². The Balaban J connectivity index is 0.00000361. The molecule has 1 aliphatic carbocycles. The molecule has 3 aromatic rings. The second kappa shape index (κ2) is 14.1. The van der Waals surface area contributed by atoms with Crippen LogP contribution in [0.15, 0.2) is 77.4 Å². The maximum Gasteiger partial charge on any atom is 4.00 e. The van der Waals surface area contributed by atoms with Crippen LogP contribution >= 0.6 is 0 Å². The maximum atomic E-state index is 4.08. The van der Waals surface area contributed by atoms with Gasteiger partial charge in [0.25, 0.3) is 0 Å². The van der Waals surface area contributed by atoms with Crippen molar-refractivity contribution in [1.29, 1.82) is 0 Å². The standard InChI is InChI=1S/C33H40NSi.3ClH.Ti/c1-22-14-23(2)17-31(16-22)35(32-18-24(3)15-25(4)19-32,30-13-11-12-29(20-30)34(9)10)33(8)21-26(5)27(6)28(33)7;;;;/h11-20H,1-10H3;3*1H;/q-1;;;;+4/p-3.